The van der Waals surface area contributed by atoms with Gasteiger partial charge >= 0.3 is 0 Å². The molecule has 1 aromatic heterocycles. The minimum absolute atomic E-state index is 0.397. The van der Waals surface area contributed by atoms with Gasteiger partial charge in [-0.3, -0.25) is 4.68 Å². The van der Waals surface area contributed by atoms with Crippen molar-refractivity contribution in [3.8, 4) is 0 Å². The summed E-state index contributed by atoms with van der Waals surface area (Å²) in [6.45, 7) is 9.34. The summed E-state index contributed by atoms with van der Waals surface area (Å²) >= 11 is 0. The molecule has 0 spiro atoms. The third-order valence-corrected chi connectivity index (χ3v) is 3.80. The second kappa shape index (κ2) is 6.34. The Balaban J connectivity index is 1.78. The van der Waals surface area contributed by atoms with Crippen LogP contribution in [0.5, 0.6) is 0 Å². The van der Waals surface area contributed by atoms with Gasteiger partial charge in [0.1, 0.15) is 0 Å². The zero-order valence-electron chi connectivity index (χ0n) is 11.6. The molecule has 0 amide bonds. The largest absolute Gasteiger partial charge is 0.381 e. The van der Waals surface area contributed by atoms with Crippen LogP contribution in [0.1, 0.15) is 38.8 Å². The van der Waals surface area contributed by atoms with E-state index in [4.69, 9.17) is 4.74 Å². The number of rotatable bonds is 6. The van der Waals surface area contributed by atoms with Crippen LogP contribution in [0.3, 0.4) is 0 Å². The van der Waals surface area contributed by atoms with Crippen LogP contribution in [0.15, 0.2) is 12.3 Å². The highest BCUT2D eigenvalue weighted by atomic mass is 16.5. The molecule has 1 N–H and O–H groups in total. The molecular weight excluding hydrogens is 226 g/mol. The number of nitrogens with zero attached hydrogens (tertiary/aromatic N) is 2. The van der Waals surface area contributed by atoms with Gasteiger partial charge in [0, 0.05) is 39.0 Å². The molecule has 0 aliphatic carbocycles. The van der Waals surface area contributed by atoms with E-state index in [1.807, 2.05) is 6.20 Å². The summed E-state index contributed by atoms with van der Waals surface area (Å²) in [6, 6.07) is 2.11. The van der Waals surface area contributed by atoms with Crippen molar-refractivity contribution in [1.29, 1.82) is 0 Å². The predicted octanol–water partition coefficient (Wildman–Crippen LogP) is 2.20. The second-order valence-corrected chi connectivity index (χ2v) is 5.57. The zero-order valence-corrected chi connectivity index (χ0v) is 11.6. The quantitative estimate of drug-likeness (QED) is 0.842. The lowest BCUT2D eigenvalue weighted by Gasteiger charge is -2.33. The number of hydrogen-bond acceptors (Lipinski definition) is 3. The average molecular weight is 251 g/mol. The van der Waals surface area contributed by atoms with Crippen molar-refractivity contribution >= 4 is 0 Å². The molecule has 0 atom stereocenters. The average Bonchev–Trinajstić information content (AvgIpc) is 2.78. The molecule has 2 rings (SSSR count). The van der Waals surface area contributed by atoms with Gasteiger partial charge in [-0.15, -0.1) is 0 Å². The fourth-order valence-electron chi connectivity index (χ4n) is 2.46. The highest BCUT2D eigenvalue weighted by molar-refractivity contribution is 5.00. The lowest BCUT2D eigenvalue weighted by atomic mass is 9.82. The van der Waals surface area contributed by atoms with Crippen LogP contribution >= 0.6 is 0 Å². The number of nitrogens with one attached hydrogen (secondary N) is 1. The Morgan fingerprint density at radius 2 is 2.22 bits per heavy atom. The molecule has 0 radical (unpaired) electrons. The molecule has 1 saturated heterocycles. The number of aryl methyl sites for hydroxylation is 1. The molecule has 0 aromatic carbocycles. The van der Waals surface area contributed by atoms with E-state index in [1.54, 1.807) is 0 Å². The number of hydrogen-bond donors (Lipinski definition) is 1. The van der Waals surface area contributed by atoms with Crippen molar-refractivity contribution in [2.45, 2.75) is 46.2 Å². The van der Waals surface area contributed by atoms with Crippen molar-refractivity contribution in [1.82, 2.24) is 15.1 Å². The molecule has 0 saturated carbocycles. The minimum Gasteiger partial charge on any atom is -0.381 e. The van der Waals surface area contributed by atoms with Gasteiger partial charge in [-0.2, -0.15) is 5.10 Å². The minimum atomic E-state index is 0.397. The lowest BCUT2D eigenvalue weighted by molar-refractivity contribution is 0.0239. The normalized spacial score (nSPS) is 19.0. The van der Waals surface area contributed by atoms with Gasteiger partial charge in [-0.05, 0) is 30.7 Å². The Bertz CT molecular complexity index is 356. The SMILES string of the molecule is CCCn1nccc1CNCC1(C)CCOCC1. The second-order valence-electron chi connectivity index (χ2n) is 5.57. The van der Waals surface area contributed by atoms with E-state index >= 15 is 0 Å². The molecule has 0 unspecified atom stereocenters. The third-order valence-electron chi connectivity index (χ3n) is 3.80. The predicted molar refractivity (Wildman–Crippen MR) is 72.4 cm³/mol. The van der Waals surface area contributed by atoms with E-state index in [-0.39, 0.29) is 0 Å². The van der Waals surface area contributed by atoms with E-state index in [0.717, 1.165) is 52.1 Å². The molecule has 18 heavy (non-hydrogen) atoms. The highest BCUT2D eigenvalue weighted by Crippen LogP contribution is 2.28. The van der Waals surface area contributed by atoms with Crippen molar-refractivity contribution in [2.24, 2.45) is 5.41 Å². The van der Waals surface area contributed by atoms with Crippen LogP contribution in [0, 0.1) is 5.41 Å². The van der Waals surface area contributed by atoms with E-state index in [0.29, 0.717) is 5.41 Å². The first-order chi connectivity index (χ1) is 8.73. The molecule has 102 valence electrons. The van der Waals surface area contributed by atoms with Gasteiger partial charge in [-0.1, -0.05) is 13.8 Å². The fourth-order valence-corrected chi connectivity index (χ4v) is 2.46. The van der Waals surface area contributed by atoms with Crippen LogP contribution in [0.4, 0.5) is 0 Å². The Morgan fingerprint density at radius 1 is 1.44 bits per heavy atom. The van der Waals surface area contributed by atoms with Crippen LogP contribution in [0.2, 0.25) is 0 Å². The maximum Gasteiger partial charge on any atom is 0.0522 e. The first-order valence-electron chi connectivity index (χ1n) is 7.03. The van der Waals surface area contributed by atoms with Gasteiger partial charge < -0.3 is 10.1 Å². The first kappa shape index (κ1) is 13.6. The van der Waals surface area contributed by atoms with Crippen LogP contribution < -0.4 is 5.32 Å². The summed E-state index contributed by atoms with van der Waals surface area (Å²) in [5.74, 6) is 0. The summed E-state index contributed by atoms with van der Waals surface area (Å²) in [7, 11) is 0. The summed E-state index contributed by atoms with van der Waals surface area (Å²) < 4.78 is 7.52. The van der Waals surface area contributed by atoms with Gasteiger partial charge in [0.2, 0.25) is 0 Å². The van der Waals surface area contributed by atoms with Crippen molar-refractivity contribution in [3.05, 3.63) is 18.0 Å². The number of aromatic nitrogens is 2. The van der Waals surface area contributed by atoms with E-state index < -0.39 is 0 Å². The standard InChI is InChI=1S/C14H25N3O/c1-3-8-17-13(4-7-16-17)11-15-12-14(2)5-9-18-10-6-14/h4,7,15H,3,5-6,8-12H2,1-2H3. The topological polar surface area (TPSA) is 39.1 Å². The molecule has 1 aliphatic heterocycles. The Morgan fingerprint density at radius 3 is 2.94 bits per heavy atom. The Hall–Kier alpha value is -0.870. The van der Waals surface area contributed by atoms with Gasteiger partial charge in [0.05, 0.1) is 5.69 Å². The highest BCUT2D eigenvalue weighted by Gasteiger charge is 2.26. The van der Waals surface area contributed by atoms with Crippen molar-refractivity contribution in [2.75, 3.05) is 19.8 Å². The summed E-state index contributed by atoms with van der Waals surface area (Å²) in [6.07, 6.45) is 5.34. The van der Waals surface area contributed by atoms with E-state index in [2.05, 4.69) is 35.0 Å². The van der Waals surface area contributed by atoms with Crippen LogP contribution in [-0.4, -0.2) is 29.5 Å². The molecule has 2 heterocycles. The summed E-state index contributed by atoms with van der Waals surface area (Å²) in [5.41, 5.74) is 1.68. The monoisotopic (exact) mass is 251 g/mol. The third kappa shape index (κ3) is 3.56. The van der Waals surface area contributed by atoms with Gasteiger partial charge in [-0.25, -0.2) is 0 Å². The molecule has 1 aromatic rings. The van der Waals surface area contributed by atoms with E-state index in [1.165, 1.54) is 5.69 Å². The van der Waals surface area contributed by atoms with Gasteiger partial charge in [0.25, 0.3) is 0 Å². The lowest BCUT2D eigenvalue weighted by Crippen LogP contribution is -2.36. The Labute approximate surface area is 110 Å². The first-order valence-corrected chi connectivity index (χ1v) is 7.03. The maximum atomic E-state index is 5.43. The maximum absolute atomic E-state index is 5.43. The summed E-state index contributed by atoms with van der Waals surface area (Å²) in [4.78, 5) is 0. The molecule has 4 heteroatoms. The summed E-state index contributed by atoms with van der Waals surface area (Å²) in [5, 5.41) is 7.93. The van der Waals surface area contributed by atoms with Crippen molar-refractivity contribution in [3.63, 3.8) is 0 Å². The molecule has 1 fully saturated rings. The van der Waals surface area contributed by atoms with Crippen molar-refractivity contribution < 1.29 is 4.74 Å². The van der Waals surface area contributed by atoms with E-state index in [9.17, 15) is 0 Å². The molecule has 4 nitrogen and oxygen atoms in total. The van der Waals surface area contributed by atoms with Crippen LogP contribution in [0.25, 0.3) is 0 Å². The fraction of sp³-hybridized carbons (Fsp3) is 0.786. The zero-order chi connectivity index (χ0) is 12.8. The van der Waals surface area contributed by atoms with Crippen LogP contribution in [-0.2, 0) is 17.8 Å². The van der Waals surface area contributed by atoms with Gasteiger partial charge in [0.15, 0.2) is 0 Å². The molecule has 1 aliphatic rings. The number of ether oxygens (including phenoxy) is 1. The smallest absolute Gasteiger partial charge is 0.0522 e. The molecule has 0 bridgehead atoms. The molecular formula is C14H25N3O. The Kier molecular flexibility index (Phi) is 4.78.